The summed E-state index contributed by atoms with van der Waals surface area (Å²) in [5, 5.41) is 9.00. The van der Waals surface area contributed by atoms with Crippen molar-refractivity contribution in [2.45, 2.75) is 42.9 Å². The van der Waals surface area contributed by atoms with Crippen LogP contribution in [0.15, 0.2) is 36.5 Å². The van der Waals surface area contributed by atoms with Crippen molar-refractivity contribution in [2.75, 3.05) is 45.6 Å². The van der Waals surface area contributed by atoms with Gasteiger partial charge < -0.3 is 9.64 Å². The first-order chi connectivity index (χ1) is 18.5. The van der Waals surface area contributed by atoms with E-state index in [9.17, 15) is 18.0 Å². The van der Waals surface area contributed by atoms with Crippen LogP contribution in [0.5, 0.6) is 0 Å². The molecule has 1 aromatic heterocycles. The molecule has 1 aliphatic carbocycles. The van der Waals surface area contributed by atoms with Crippen LogP contribution in [0.2, 0.25) is 0 Å². The van der Waals surface area contributed by atoms with Gasteiger partial charge in [-0.15, -0.1) is 0 Å². The average Bonchev–Trinajstić information content (AvgIpc) is 3.49. The Morgan fingerprint density at radius 2 is 1.82 bits per heavy atom. The largest absolute Gasteiger partial charge is 0.379 e. The number of fused-ring (bicyclic) bond motifs is 1. The topological polar surface area (TPSA) is 121 Å². The van der Waals surface area contributed by atoms with Crippen molar-refractivity contribution in [3.8, 4) is 11.8 Å². The summed E-state index contributed by atoms with van der Waals surface area (Å²) in [6.07, 6.45) is 4.88. The van der Waals surface area contributed by atoms with E-state index >= 15 is 0 Å². The predicted octanol–water partition coefficient (Wildman–Crippen LogP) is 1.73. The zero-order valence-electron chi connectivity index (χ0n) is 22.3. The maximum absolute atomic E-state index is 12.9. The number of nitrogens with zero attached hydrogens (tertiary/aromatic N) is 3. The zero-order valence-corrected chi connectivity index (χ0v) is 23.1. The number of rotatable bonds is 8. The van der Waals surface area contributed by atoms with Crippen LogP contribution in [0.3, 0.4) is 0 Å². The molecule has 1 aromatic carbocycles. The van der Waals surface area contributed by atoms with Crippen molar-refractivity contribution in [3.63, 3.8) is 0 Å². The average molecular weight is 555 g/mol. The second kappa shape index (κ2) is 10.4. The number of carbonyl (C=O) groups is 2. The van der Waals surface area contributed by atoms with E-state index in [1.807, 2.05) is 6.07 Å². The lowest BCUT2D eigenvalue weighted by atomic mass is 9.94. The fourth-order valence-corrected chi connectivity index (χ4v) is 6.17. The summed E-state index contributed by atoms with van der Waals surface area (Å²) in [6, 6.07) is 10.0. The Morgan fingerprint density at radius 3 is 2.41 bits per heavy atom. The van der Waals surface area contributed by atoms with Crippen LogP contribution in [0.25, 0.3) is 0 Å². The molecular formula is C28H34N4O6S. The molecule has 2 amide bonds. The molecule has 208 valence electrons. The SMILES string of the molecule is CC(CCN1Cc2cc(C#Cc3ccc(C4(CN5CCOCC5)CC4)cc3)cn2C1=O)(C(=O)NO)S(C)(=O)=O. The van der Waals surface area contributed by atoms with Gasteiger partial charge in [0, 0.05) is 60.9 Å². The summed E-state index contributed by atoms with van der Waals surface area (Å²) in [4.78, 5) is 28.9. The third-order valence-electron chi connectivity index (χ3n) is 8.32. The molecule has 3 aliphatic rings. The van der Waals surface area contributed by atoms with Crippen molar-refractivity contribution in [1.82, 2.24) is 19.8 Å². The predicted molar refractivity (Wildman–Crippen MR) is 144 cm³/mol. The van der Waals surface area contributed by atoms with Crippen LogP contribution in [-0.4, -0.2) is 90.3 Å². The summed E-state index contributed by atoms with van der Waals surface area (Å²) in [7, 11) is -3.84. The van der Waals surface area contributed by atoms with Crippen LogP contribution in [0, 0.1) is 11.8 Å². The van der Waals surface area contributed by atoms with E-state index < -0.39 is 20.5 Å². The number of nitrogens with one attached hydrogen (secondary N) is 1. The summed E-state index contributed by atoms with van der Waals surface area (Å²) in [6.45, 7) is 6.24. The standard InChI is InChI=1S/C28H34N4O6S/c1-27(25(33)29-35,39(2,36)37)11-12-31-19-24-17-22(18-32(24)26(31)34)4-3-21-5-7-23(8-6-21)28(9-10-28)20-30-13-15-38-16-14-30/h5-8,17-18,35H,9-16,19-20H2,1-2H3,(H,29,33). The molecule has 1 saturated carbocycles. The first-order valence-corrected chi connectivity index (χ1v) is 15.0. The van der Waals surface area contributed by atoms with Gasteiger partial charge >= 0.3 is 6.03 Å². The van der Waals surface area contributed by atoms with Gasteiger partial charge in [-0.2, -0.15) is 0 Å². The first-order valence-electron chi connectivity index (χ1n) is 13.1. The summed E-state index contributed by atoms with van der Waals surface area (Å²) in [5.41, 5.74) is 5.40. The van der Waals surface area contributed by atoms with Crippen molar-refractivity contribution in [2.24, 2.45) is 0 Å². The number of carbonyl (C=O) groups excluding carboxylic acids is 2. The van der Waals surface area contributed by atoms with Crippen LogP contribution < -0.4 is 5.48 Å². The number of ether oxygens (including phenoxy) is 1. The van der Waals surface area contributed by atoms with Gasteiger partial charge in [0.2, 0.25) is 0 Å². The highest BCUT2D eigenvalue weighted by atomic mass is 32.2. The Labute approximate surface area is 228 Å². The molecule has 2 aromatic rings. The molecule has 0 radical (unpaired) electrons. The fraction of sp³-hybridized carbons (Fsp3) is 0.500. The Morgan fingerprint density at radius 1 is 1.15 bits per heavy atom. The lowest BCUT2D eigenvalue weighted by Crippen LogP contribution is -2.50. The molecule has 3 heterocycles. The highest BCUT2D eigenvalue weighted by Crippen LogP contribution is 2.48. The zero-order chi connectivity index (χ0) is 27.8. The molecule has 5 rings (SSSR count). The molecule has 2 N–H and O–H groups in total. The van der Waals surface area contributed by atoms with Crippen molar-refractivity contribution in [1.29, 1.82) is 0 Å². The number of benzene rings is 1. The van der Waals surface area contributed by atoms with Gasteiger partial charge in [0.05, 0.1) is 19.8 Å². The number of hydrogen-bond acceptors (Lipinski definition) is 7. The van der Waals surface area contributed by atoms with Crippen LogP contribution in [0.1, 0.15) is 48.6 Å². The van der Waals surface area contributed by atoms with Gasteiger partial charge in [0.15, 0.2) is 14.6 Å². The highest BCUT2D eigenvalue weighted by molar-refractivity contribution is 7.92. The van der Waals surface area contributed by atoms with E-state index in [0.717, 1.165) is 50.4 Å². The van der Waals surface area contributed by atoms with E-state index in [0.29, 0.717) is 5.56 Å². The summed E-state index contributed by atoms with van der Waals surface area (Å²) in [5.74, 6) is 5.31. The minimum Gasteiger partial charge on any atom is -0.379 e. The lowest BCUT2D eigenvalue weighted by molar-refractivity contribution is -0.131. The van der Waals surface area contributed by atoms with Crippen molar-refractivity contribution in [3.05, 3.63) is 58.9 Å². The second-order valence-electron chi connectivity index (χ2n) is 11.0. The minimum atomic E-state index is -3.84. The highest BCUT2D eigenvalue weighted by Gasteiger charge is 2.46. The molecular weight excluding hydrogens is 520 g/mol. The van der Waals surface area contributed by atoms with E-state index in [-0.39, 0.29) is 31.0 Å². The third kappa shape index (κ3) is 5.47. The van der Waals surface area contributed by atoms with Gasteiger partial charge in [-0.1, -0.05) is 24.0 Å². The smallest absolute Gasteiger partial charge is 0.328 e. The Hall–Kier alpha value is -3.17. The molecule has 1 saturated heterocycles. The van der Waals surface area contributed by atoms with E-state index in [2.05, 4.69) is 41.0 Å². The summed E-state index contributed by atoms with van der Waals surface area (Å²) >= 11 is 0. The number of aromatic nitrogens is 1. The maximum Gasteiger partial charge on any atom is 0.328 e. The van der Waals surface area contributed by atoms with Gasteiger partial charge in [-0.25, -0.2) is 18.7 Å². The van der Waals surface area contributed by atoms with Crippen molar-refractivity contribution >= 4 is 21.8 Å². The number of hydrogen-bond donors (Lipinski definition) is 2. The second-order valence-corrected chi connectivity index (χ2v) is 13.4. The third-order valence-corrected chi connectivity index (χ3v) is 10.3. The Bertz CT molecular complexity index is 1430. The molecule has 39 heavy (non-hydrogen) atoms. The molecule has 0 spiro atoms. The lowest BCUT2D eigenvalue weighted by Gasteiger charge is -2.30. The molecule has 0 bridgehead atoms. The van der Waals surface area contributed by atoms with Crippen LogP contribution in [0.4, 0.5) is 4.79 Å². The minimum absolute atomic E-state index is 0.0396. The Kier molecular flexibility index (Phi) is 7.33. The molecule has 10 nitrogen and oxygen atoms in total. The molecule has 2 aliphatic heterocycles. The van der Waals surface area contributed by atoms with Gasteiger partial charge in [-0.05, 0) is 49.9 Å². The quantitative estimate of drug-likeness (QED) is 0.290. The molecule has 11 heteroatoms. The van der Waals surface area contributed by atoms with Gasteiger partial charge in [-0.3, -0.25) is 19.5 Å². The van der Waals surface area contributed by atoms with Crippen molar-refractivity contribution < 1.29 is 28.0 Å². The first kappa shape index (κ1) is 27.4. The summed E-state index contributed by atoms with van der Waals surface area (Å²) < 4.78 is 29.5. The number of sulfone groups is 1. The molecule has 1 atom stereocenters. The van der Waals surface area contributed by atoms with E-state index in [1.165, 1.54) is 40.3 Å². The number of hydroxylamine groups is 1. The molecule has 2 fully saturated rings. The number of morpholine rings is 1. The van der Waals surface area contributed by atoms with Gasteiger partial charge in [0.25, 0.3) is 5.91 Å². The monoisotopic (exact) mass is 554 g/mol. The van der Waals surface area contributed by atoms with Crippen LogP contribution in [-0.2, 0) is 31.3 Å². The van der Waals surface area contributed by atoms with Gasteiger partial charge in [0.1, 0.15) is 0 Å². The Balaban J connectivity index is 1.21. The molecule has 1 unspecified atom stereocenters. The van der Waals surface area contributed by atoms with E-state index in [4.69, 9.17) is 9.94 Å². The maximum atomic E-state index is 12.9. The normalized spacial score (nSPS) is 20.1. The number of amides is 2. The fourth-order valence-electron chi connectivity index (χ4n) is 5.33. The van der Waals surface area contributed by atoms with E-state index in [1.54, 1.807) is 6.20 Å². The van der Waals surface area contributed by atoms with Crippen LogP contribution >= 0.6 is 0 Å².